The molecule has 104 valence electrons. The van der Waals surface area contributed by atoms with E-state index in [0.717, 1.165) is 24.2 Å². The van der Waals surface area contributed by atoms with Crippen LogP contribution < -0.4 is 0 Å². The minimum atomic E-state index is -0.138. The first-order valence-corrected chi connectivity index (χ1v) is 8.44. The SMILES string of the molecule is OC1CCCC2C1=CC=C1C3CCCCC3CCC12. The molecule has 3 saturated carbocycles. The summed E-state index contributed by atoms with van der Waals surface area (Å²) in [6.07, 6.45) is 16.8. The zero-order valence-electron chi connectivity index (χ0n) is 11.9. The van der Waals surface area contributed by atoms with Gasteiger partial charge < -0.3 is 5.11 Å². The molecule has 0 saturated heterocycles. The van der Waals surface area contributed by atoms with Crippen LogP contribution in [0.25, 0.3) is 0 Å². The summed E-state index contributed by atoms with van der Waals surface area (Å²) in [5.74, 6) is 3.35. The van der Waals surface area contributed by atoms with Crippen molar-refractivity contribution in [1.82, 2.24) is 0 Å². The van der Waals surface area contributed by atoms with Crippen LogP contribution in [0.2, 0.25) is 0 Å². The van der Waals surface area contributed by atoms with Crippen molar-refractivity contribution in [3.63, 3.8) is 0 Å². The number of hydrogen-bond donors (Lipinski definition) is 1. The molecule has 5 unspecified atom stereocenters. The van der Waals surface area contributed by atoms with Gasteiger partial charge in [-0.05, 0) is 74.2 Å². The molecule has 0 aromatic heterocycles. The predicted molar refractivity (Wildman–Crippen MR) is 77.7 cm³/mol. The molecule has 0 bridgehead atoms. The lowest BCUT2D eigenvalue weighted by Crippen LogP contribution is -2.38. The third kappa shape index (κ3) is 1.93. The van der Waals surface area contributed by atoms with Crippen LogP contribution >= 0.6 is 0 Å². The standard InChI is InChI=1S/C18H26O/c19-18-7-3-6-14-16-9-8-12-4-1-2-5-13(12)15(16)10-11-17(14)18/h10-14,16,18-19H,1-9H2. The summed E-state index contributed by atoms with van der Waals surface area (Å²) >= 11 is 0. The summed E-state index contributed by atoms with van der Waals surface area (Å²) in [7, 11) is 0. The van der Waals surface area contributed by atoms with Gasteiger partial charge in [0.05, 0.1) is 6.10 Å². The third-order valence-electron chi connectivity index (χ3n) is 6.37. The van der Waals surface area contributed by atoms with Gasteiger partial charge in [-0.3, -0.25) is 0 Å². The Kier molecular flexibility index (Phi) is 3.06. The van der Waals surface area contributed by atoms with Crippen LogP contribution in [0.4, 0.5) is 0 Å². The van der Waals surface area contributed by atoms with E-state index < -0.39 is 0 Å². The topological polar surface area (TPSA) is 20.2 Å². The van der Waals surface area contributed by atoms with E-state index in [4.69, 9.17) is 0 Å². The van der Waals surface area contributed by atoms with Crippen LogP contribution in [-0.4, -0.2) is 11.2 Å². The molecular weight excluding hydrogens is 232 g/mol. The van der Waals surface area contributed by atoms with Crippen LogP contribution in [0.15, 0.2) is 23.3 Å². The van der Waals surface area contributed by atoms with Gasteiger partial charge in [0.25, 0.3) is 0 Å². The average molecular weight is 258 g/mol. The minimum Gasteiger partial charge on any atom is -0.389 e. The smallest absolute Gasteiger partial charge is 0.0756 e. The van der Waals surface area contributed by atoms with Crippen LogP contribution in [0.5, 0.6) is 0 Å². The first kappa shape index (κ1) is 12.2. The van der Waals surface area contributed by atoms with Crippen molar-refractivity contribution >= 4 is 0 Å². The number of rotatable bonds is 0. The molecule has 19 heavy (non-hydrogen) atoms. The van der Waals surface area contributed by atoms with Crippen molar-refractivity contribution in [1.29, 1.82) is 0 Å². The van der Waals surface area contributed by atoms with Gasteiger partial charge in [-0.1, -0.05) is 30.6 Å². The van der Waals surface area contributed by atoms with Crippen molar-refractivity contribution in [2.24, 2.45) is 23.7 Å². The van der Waals surface area contributed by atoms with Gasteiger partial charge in [0, 0.05) is 0 Å². The van der Waals surface area contributed by atoms with Crippen LogP contribution in [0.3, 0.4) is 0 Å². The third-order valence-corrected chi connectivity index (χ3v) is 6.37. The second-order valence-corrected chi connectivity index (χ2v) is 7.22. The first-order chi connectivity index (χ1) is 9.34. The van der Waals surface area contributed by atoms with Gasteiger partial charge in [0.2, 0.25) is 0 Å². The maximum absolute atomic E-state index is 10.2. The molecule has 0 radical (unpaired) electrons. The highest BCUT2D eigenvalue weighted by Crippen LogP contribution is 2.53. The Morgan fingerprint density at radius 2 is 1.42 bits per heavy atom. The second-order valence-electron chi connectivity index (χ2n) is 7.22. The number of allylic oxidation sites excluding steroid dienone is 3. The Morgan fingerprint density at radius 1 is 0.684 bits per heavy atom. The summed E-state index contributed by atoms with van der Waals surface area (Å²) < 4.78 is 0. The Morgan fingerprint density at radius 3 is 2.37 bits per heavy atom. The Labute approximate surface area is 116 Å². The van der Waals surface area contributed by atoms with Gasteiger partial charge in [-0.25, -0.2) is 0 Å². The fraction of sp³-hybridized carbons (Fsp3) is 0.778. The van der Waals surface area contributed by atoms with E-state index in [1.54, 1.807) is 5.57 Å². The molecule has 0 heterocycles. The van der Waals surface area contributed by atoms with Crippen molar-refractivity contribution in [3.05, 3.63) is 23.3 Å². The van der Waals surface area contributed by atoms with Crippen molar-refractivity contribution in [2.45, 2.75) is 63.9 Å². The molecule has 0 amide bonds. The lowest BCUT2D eigenvalue weighted by molar-refractivity contribution is 0.117. The minimum absolute atomic E-state index is 0.138. The molecule has 5 atom stereocenters. The van der Waals surface area contributed by atoms with Crippen molar-refractivity contribution in [2.75, 3.05) is 0 Å². The average Bonchev–Trinajstić information content (AvgIpc) is 2.47. The molecule has 1 nitrogen and oxygen atoms in total. The van der Waals surface area contributed by atoms with Gasteiger partial charge in [-0.15, -0.1) is 0 Å². The van der Waals surface area contributed by atoms with E-state index in [1.807, 2.05) is 0 Å². The second kappa shape index (κ2) is 4.77. The molecule has 4 aliphatic carbocycles. The molecule has 0 aliphatic heterocycles. The monoisotopic (exact) mass is 258 g/mol. The van der Waals surface area contributed by atoms with Gasteiger partial charge in [0.15, 0.2) is 0 Å². The molecule has 1 heteroatoms. The number of aliphatic hydroxyl groups is 1. The summed E-state index contributed by atoms with van der Waals surface area (Å²) in [4.78, 5) is 0. The fourth-order valence-corrected chi connectivity index (χ4v) is 5.48. The molecule has 4 rings (SSSR count). The van der Waals surface area contributed by atoms with E-state index in [0.29, 0.717) is 5.92 Å². The van der Waals surface area contributed by atoms with Crippen LogP contribution in [0, 0.1) is 23.7 Å². The van der Waals surface area contributed by atoms with E-state index in [-0.39, 0.29) is 6.10 Å². The number of aliphatic hydroxyl groups excluding tert-OH is 1. The lowest BCUT2D eigenvalue weighted by Gasteiger charge is -2.48. The zero-order valence-corrected chi connectivity index (χ0v) is 11.9. The molecule has 4 aliphatic rings. The van der Waals surface area contributed by atoms with E-state index in [9.17, 15) is 5.11 Å². The van der Waals surface area contributed by atoms with Gasteiger partial charge >= 0.3 is 0 Å². The van der Waals surface area contributed by atoms with Gasteiger partial charge in [-0.2, -0.15) is 0 Å². The van der Waals surface area contributed by atoms with Crippen molar-refractivity contribution in [3.8, 4) is 0 Å². The summed E-state index contributed by atoms with van der Waals surface area (Å²) in [6, 6.07) is 0. The first-order valence-electron chi connectivity index (χ1n) is 8.44. The van der Waals surface area contributed by atoms with Crippen LogP contribution in [-0.2, 0) is 0 Å². The van der Waals surface area contributed by atoms with Gasteiger partial charge in [0.1, 0.15) is 0 Å². The molecule has 0 aromatic rings. The Balaban J connectivity index is 1.67. The summed E-state index contributed by atoms with van der Waals surface area (Å²) in [6.45, 7) is 0. The largest absolute Gasteiger partial charge is 0.389 e. The highest BCUT2D eigenvalue weighted by atomic mass is 16.3. The quantitative estimate of drug-likeness (QED) is 0.689. The Hall–Kier alpha value is -0.560. The Bertz CT molecular complexity index is 419. The highest BCUT2D eigenvalue weighted by Gasteiger charge is 2.43. The van der Waals surface area contributed by atoms with E-state index in [1.165, 1.54) is 56.9 Å². The lowest BCUT2D eigenvalue weighted by atomic mass is 9.58. The molecule has 1 N–H and O–H groups in total. The maximum atomic E-state index is 10.2. The fourth-order valence-electron chi connectivity index (χ4n) is 5.48. The predicted octanol–water partition coefficient (Wildman–Crippen LogP) is 4.23. The molecule has 0 aromatic carbocycles. The molecule has 3 fully saturated rings. The van der Waals surface area contributed by atoms with Crippen LogP contribution in [0.1, 0.15) is 57.8 Å². The number of hydrogen-bond acceptors (Lipinski definition) is 1. The highest BCUT2D eigenvalue weighted by molar-refractivity contribution is 5.35. The zero-order chi connectivity index (χ0) is 12.8. The molecular formula is C18H26O. The maximum Gasteiger partial charge on any atom is 0.0756 e. The summed E-state index contributed by atoms with van der Waals surface area (Å²) in [5.41, 5.74) is 3.15. The normalized spacial score (nSPS) is 45.4. The van der Waals surface area contributed by atoms with E-state index >= 15 is 0 Å². The molecule has 0 spiro atoms. The summed E-state index contributed by atoms with van der Waals surface area (Å²) in [5, 5.41) is 10.2. The van der Waals surface area contributed by atoms with Crippen molar-refractivity contribution < 1.29 is 5.11 Å². The number of fused-ring (bicyclic) bond motifs is 5. The van der Waals surface area contributed by atoms with E-state index in [2.05, 4.69) is 12.2 Å².